The zero-order valence-electron chi connectivity index (χ0n) is 6.79. The number of ether oxygens (including phenoxy) is 1. The SMILES string of the molecule is CC(C)OCc1cc(N)n[nH]1. The highest BCUT2D eigenvalue weighted by atomic mass is 16.5. The van der Waals surface area contributed by atoms with Crippen LogP contribution in [0.4, 0.5) is 5.82 Å². The van der Waals surface area contributed by atoms with Crippen molar-refractivity contribution < 1.29 is 4.74 Å². The monoisotopic (exact) mass is 155 g/mol. The summed E-state index contributed by atoms with van der Waals surface area (Å²) in [5.41, 5.74) is 6.30. The van der Waals surface area contributed by atoms with Gasteiger partial charge in [0, 0.05) is 6.07 Å². The molecule has 4 nitrogen and oxygen atoms in total. The predicted octanol–water partition coefficient (Wildman–Crippen LogP) is 0.917. The lowest BCUT2D eigenvalue weighted by atomic mass is 10.4. The molecule has 1 rings (SSSR count). The van der Waals surface area contributed by atoms with Crippen molar-refractivity contribution in [1.82, 2.24) is 10.2 Å². The molecule has 0 aliphatic carbocycles. The fourth-order valence-electron chi connectivity index (χ4n) is 0.710. The maximum atomic E-state index is 5.39. The van der Waals surface area contributed by atoms with E-state index in [1.54, 1.807) is 6.07 Å². The second-order valence-corrected chi connectivity index (χ2v) is 2.68. The second kappa shape index (κ2) is 3.39. The third-order valence-corrected chi connectivity index (χ3v) is 1.22. The summed E-state index contributed by atoms with van der Waals surface area (Å²) < 4.78 is 5.31. The van der Waals surface area contributed by atoms with Crippen molar-refractivity contribution in [3.05, 3.63) is 11.8 Å². The summed E-state index contributed by atoms with van der Waals surface area (Å²) in [6, 6.07) is 1.77. The molecule has 62 valence electrons. The predicted molar refractivity (Wildman–Crippen MR) is 42.9 cm³/mol. The van der Waals surface area contributed by atoms with E-state index in [2.05, 4.69) is 10.2 Å². The first-order chi connectivity index (χ1) is 5.18. The maximum absolute atomic E-state index is 5.39. The molecule has 0 unspecified atom stereocenters. The van der Waals surface area contributed by atoms with Crippen LogP contribution in [0.15, 0.2) is 6.07 Å². The third kappa shape index (κ3) is 2.59. The van der Waals surface area contributed by atoms with Gasteiger partial charge in [-0.1, -0.05) is 0 Å². The van der Waals surface area contributed by atoms with Crippen molar-refractivity contribution in [2.75, 3.05) is 5.73 Å². The van der Waals surface area contributed by atoms with Crippen LogP contribution in [-0.2, 0) is 11.3 Å². The summed E-state index contributed by atoms with van der Waals surface area (Å²) in [6.45, 7) is 4.52. The molecule has 4 heteroatoms. The first-order valence-corrected chi connectivity index (χ1v) is 3.60. The lowest BCUT2D eigenvalue weighted by molar-refractivity contribution is 0.0636. The Morgan fingerprint density at radius 1 is 1.73 bits per heavy atom. The second-order valence-electron chi connectivity index (χ2n) is 2.68. The van der Waals surface area contributed by atoms with Gasteiger partial charge in [0.2, 0.25) is 0 Å². The minimum atomic E-state index is 0.236. The highest BCUT2D eigenvalue weighted by Crippen LogP contribution is 2.03. The van der Waals surface area contributed by atoms with E-state index in [0.717, 1.165) is 5.69 Å². The number of nitrogens with zero attached hydrogens (tertiary/aromatic N) is 1. The van der Waals surface area contributed by atoms with Crippen LogP contribution in [0, 0.1) is 0 Å². The van der Waals surface area contributed by atoms with E-state index in [-0.39, 0.29) is 6.10 Å². The standard InChI is InChI=1S/C7H13N3O/c1-5(2)11-4-6-3-7(8)10-9-6/h3,5H,4H2,1-2H3,(H3,8,9,10). The first kappa shape index (κ1) is 8.07. The summed E-state index contributed by atoms with van der Waals surface area (Å²) in [7, 11) is 0. The number of H-pyrrole nitrogens is 1. The zero-order chi connectivity index (χ0) is 8.27. The number of rotatable bonds is 3. The van der Waals surface area contributed by atoms with Crippen molar-refractivity contribution in [2.45, 2.75) is 26.6 Å². The van der Waals surface area contributed by atoms with Crippen molar-refractivity contribution in [2.24, 2.45) is 0 Å². The smallest absolute Gasteiger partial charge is 0.145 e. The van der Waals surface area contributed by atoms with Crippen LogP contribution < -0.4 is 5.73 Å². The van der Waals surface area contributed by atoms with Gasteiger partial charge in [-0.25, -0.2) is 0 Å². The summed E-state index contributed by atoms with van der Waals surface area (Å²) in [4.78, 5) is 0. The van der Waals surface area contributed by atoms with E-state index < -0.39 is 0 Å². The number of nitrogens with two attached hydrogens (primary N) is 1. The van der Waals surface area contributed by atoms with Gasteiger partial charge >= 0.3 is 0 Å². The van der Waals surface area contributed by atoms with Gasteiger partial charge in [0.25, 0.3) is 0 Å². The van der Waals surface area contributed by atoms with Crippen LogP contribution in [0.1, 0.15) is 19.5 Å². The summed E-state index contributed by atoms with van der Waals surface area (Å²) in [5.74, 6) is 0.507. The number of aromatic nitrogens is 2. The molecule has 1 heterocycles. The third-order valence-electron chi connectivity index (χ3n) is 1.22. The van der Waals surface area contributed by atoms with Gasteiger partial charge in [-0.15, -0.1) is 0 Å². The van der Waals surface area contributed by atoms with Crippen LogP contribution in [0.5, 0.6) is 0 Å². The average molecular weight is 155 g/mol. The van der Waals surface area contributed by atoms with Crippen LogP contribution in [0.25, 0.3) is 0 Å². The van der Waals surface area contributed by atoms with E-state index in [0.29, 0.717) is 12.4 Å². The van der Waals surface area contributed by atoms with Gasteiger partial charge in [-0.2, -0.15) is 5.10 Å². The molecule has 0 fully saturated rings. The Morgan fingerprint density at radius 2 is 2.45 bits per heavy atom. The Balaban J connectivity index is 2.39. The zero-order valence-corrected chi connectivity index (χ0v) is 6.79. The Labute approximate surface area is 65.7 Å². The highest BCUT2D eigenvalue weighted by Gasteiger charge is 1.98. The van der Waals surface area contributed by atoms with Gasteiger partial charge in [-0.3, -0.25) is 5.10 Å². The summed E-state index contributed by atoms with van der Waals surface area (Å²) in [5, 5.41) is 6.53. The van der Waals surface area contributed by atoms with E-state index in [4.69, 9.17) is 10.5 Å². The molecule has 1 aromatic heterocycles. The van der Waals surface area contributed by atoms with E-state index >= 15 is 0 Å². The number of hydrogen-bond acceptors (Lipinski definition) is 3. The fraction of sp³-hybridized carbons (Fsp3) is 0.571. The van der Waals surface area contributed by atoms with Gasteiger partial charge in [0.05, 0.1) is 18.4 Å². The number of nitrogen functional groups attached to an aromatic ring is 1. The molecular formula is C7H13N3O. The van der Waals surface area contributed by atoms with Crippen LogP contribution in [0.2, 0.25) is 0 Å². The Bertz CT molecular complexity index is 219. The molecule has 0 saturated heterocycles. The van der Waals surface area contributed by atoms with Crippen molar-refractivity contribution in [3.63, 3.8) is 0 Å². The van der Waals surface area contributed by atoms with Gasteiger partial charge in [-0.05, 0) is 13.8 Å². The molecule has 0 radical (unpaired) electrons. The molecule has 0 spiro atoms. The number of hydrogen-bond donors (Lipinski definition) is 2. The number of anilines is 1. The number of aromatic amines is 1. The van der Waals surface area contributed by atoms with Gasteiger partial charge < -0.3 is 10.5 Å². The lowest BCUT2D eigenvalue weighted by Gasteiger charge is -2.04. The normalized spacial score (nSPS) is 10.8. The topological polar surface area (TPSA) is 63.9 Å². The minimum absolute atomic E-state index is 0.236. The summed E-state index contributed by atoms with van der Waals surface area (Å²) in [6.07, 6.45) is 0.236. The van der Waals surface area contributed by atoms with E-state index in [1.807, 2.05) is 13.8 Å². The Kier molecular flexibility index (Phi) is 2.48. The number of nitrogens with one attached hydrogen (secondary N) is 1. The molecule has 11 heavy (non-hydrogen) atoms. The molecule has 3 N–H and O–H groups in total. The molecule has 0 aromatic carbocycles. The van der Waals surface area contributed by atoms with Crippen LogP contribution in [0.3, 0.4) is 0 Å². The highest BCUT2D eigenvalue weighted by molar-refractivity contribution is 5.27. The Morgan fingerprint density at radius 3 is 2.91 bits per heavy atom. The lowest BCUT2D eigenvalue weighted by Crippen LogP contribution is -2.02. The van der Waals surface area contributed by atoms with E-state index in [9.17, 15) is 0 Å². The van der Waals surface area contributed by atoms with E-state index in [1.165, 1.54) is 0 Å². The average Bonchev–Trinajstić information content (AvgIpc) is 2.31. The van der Waals surface area contributed by atoms with Crippen molar-refractivity contribution >= 4 is 5.82 Å². The molecule has 0 bridgehead atoms. The fourth-order valence-corrected chi connectivity index (χ4v) is 0.710. The van der Waals surface area contributed by atoms with Gasteiger partial charge in [0.15, 0.2) is 0 Å². The molecule has 1 aromatic rings. The quantitative estimate of drug-likeness (QED) is 0.682. The summed E-state index contributed by atoms with van der Waals surface area (Å²) >= 11 is 0. The van der Waals surface area contributed by atoms with Crippen molar-refractivity contribution in [3.8, 4) is 0 Å². The maximum Gasteiger partial charge on any atom is 0.145 e. The molecule has 0 amide bonds. The minimum Gasteiger partial charge on any atom is -0.382 e. The first-order valence-electron chi connectivity index (χ1n) is 3.60. The molecule has 0 saturated carbocycles. The molecular weight excluding hydrogens is 142 g/mol. The van der Waals surface area contributed by atoms with Gasteiger partial charge in [0.1, 0.15) is 5.82 Å². The molecule has 0 atom stereocenters. The Hall–Kier alpha value is -1.03. The van der Waals surface area contributed by atoms with Crippen LogP contribution in [-0.4, -0.2) is 16.3 Å². The van der Waals surface area contributed by atoms with Crippen molar-refractivity contribution in [1.29, 1.82) is 0 Å². The largest absolute Gasteiger partial charge is 0.382 e. The molecule has 0 aliphatic heterocycles. The molecule has 0 aliphatic rings. The van der Waals surface area contributed by atoms with Crippen LogP contribution >= 0.6 is 0 Å².